The number of nitrogens with zero attached hydrogens (tertiary/aromatic N) is 3. The standard InChI is InChI=1S/C13H17N5O2/c1-9(6-7-19)8-14-13(20)11-4-2-10(3-5-11)12-15-17-18-16-12/h2-5,9,19H,6-8H2,1H3,(H,14,20)(H,15,16,17,18). The van der Waals surface area contributed by atoms with Crippen molar-refractivity contribution in [3.8, 4) is 11.4 Å². The van der Waals surface area contributed by atoms with Crippen LogP contribution in [0.25, 0.3) is 11.4 Å². The van der Waals surface area contributed by atoms with Gasteiger partial charge in [0.15, 0.2) is 0 Å². The maximum Gasteiger partial charge on any atom is 0.251 e. The van der Waals surface area contributed by atoms with E-state index in [9.17, 15) is 4.79 Å². The van der Waals surface area contributed by atoms with Crippen molar-refractivity contribution in [3.63, 3.8) is 0 Å². The van der Waals surface area contributed by atoms with Gasteiger partial charge < -0.3 is 10.4 Å². The van der Waals surface area contributed by atoms with Crippen molar-refractivity contribution in [2.45, 2.75) is 13.3 Å². The van der Waals surface area contributed by atoms with E-state index in [1.807, 2.05) is 6.92 Å². The van der Waals surface area contributed by atoms with Crippen LogP contribution >= 0.6 is 0 Å². The van der Waals surface area contributed by atoms with Crippen LogP contribution in [0.2, 0.25) is 0 Å². The number of hydrogen-bond acceptors (Lipinski definition) is 5. The minimum Gasteiger partial charge on any atom is -0.396 e. The Morgan fingerprint density at radius 1 is 1.40 bits per heavy atom. The first-order valence-electron chi connectivity index (χ1n) is 6.43. The van der Waals surface area contributed by atoms with Gasteiger partial charge in [-0.3, -0.25) is 4.79 Å². The Kier molecular flexibility index (Phi) is 4.78. The molecule has 0 aliphatic rings. The summed E-state index contributed by atoms with van der Waals surface area (Å²) in [4.78, 5) is 11.9. The number of H-pyrrole nitrogens is 1. The van der Waals surface area contributed by atoms with Gasteiger partial charge in [-0.15, -0.1) is 10.2 Å². The number of amides is 1. The predicted octanol–water partition coefficient (Wildman–Crippen LogP) is 0.615. The number of aliphatic hydroxyl groups excluding tert-OH is 1. The summed E-state index contributed by atoms with van der Waals surface area (Å²) >= 11 is 0. The van der Waals surface area contributed by atoms with Gasteiger partial charge in [-0.25, -0.2) is 0 Å². The quantitative estimate of drug-likeness (QED) is 0.716. The fourth-order valence-electron chi connectivity index (χ4n) is 1.75. The summed E-state index contributed by atoms with van der Waals surface area (Å²) in [5, 5.41) is 25.3. The molecule has 0 spiro atoms. The molecule has 1 aromatic heterocycles. The predicted molar refractivity (Wildman–Crippen MR) is 72.8 cm³/mol. The van der Waals surface area contributed by atoms with Crippen LogP contribution < -0.4 is 5.32 Å². The van der Waals surface area contributed by atoms with E-state index in [1.54, 1.807) is 24.3 Å². The van der Waals surface area contributed by atoms with Gasteiger partial charge in [-0.1, -0.05) is 19.1 Å². The molecule has 1 heterocycles. The molecule has 0 saturated heterocycles. The van der Waals surface area contributed by atoms with Crippen molar-refractivity contribution in [1.29, 1.82) is 0 Å². The maximum atomic E-state index is 11.9. The third kappa shape index (κ3) is 3.61. The van der Waals surface area contributed by atoms with Crippen LogP contribution in [0.5, 0.6) is 0 Å². The molecule has 0 radical (unpaired) electrons. The highest BCUT2D eigenvalue weighted by Crippen LogP contribution is 2.13. The molecule has 1 atom stereocenters. The Labute approximate surface area is 116 Å². The van der Waals surface area contributed by atoms with Gasteiger partial charge in [-0.2, -0.15) is 5.21 Å². The minimum atomic E-state index is -0.130. The maximum absolute atomic E-state index is 11.9. The molecule has 7 nitrogen and oxygen atoms in total. The van der Waals surface area contributed by atoms with Crippen LogP contribution in [0.1, 0.15) is 23.7 Å². The molecule has 1 unspecified atom stereocenters. The van der Waals surface area contributed by atoms with Gasteiger partial charge in [-0.05, 0) is 29.7 Å². The second kappa shape index (κ2) is 6.76. The second-order valence-corrected chi connectivity index (χ2v) is 4.64. The van der Waals surface area contributed by atoms with Crippen LogP contribution in [-0.2, 0) is 0 Å². The Morgan fingerprint density at radius 3 is 2.75 bits per heavy atom. The van der Waals surface area contributed by atoms with Crippen LogP contribution in [0.15, 0.2) is 24.3 Å². The van der Waals surface area contributed by atoms with Crippen molar-refractivity contribution in [2.75, 3.05) is 13.2 Å². The number of aliphatic hydroxyl groups is 1. The SMILES string of the molecule is CC(CCO)CNC(=O)c1ccc(-c2nn[nH]n2)cc1. The molecule has 0 fully saturated rings. The molecular formula is C13H17N5O2. The van der Waals surface area contributed by atoms with Crippen molar-refractivity contribution in [2.24, 2.45) is 5.92 Å². The first-order chi connectivity index (χ1) is 9.70. The lowest BCUT2D eigenvalue weighted by Crippen LogP contribution is -2.28. The highest BCUT2D eigenvalue weighted by Gasteiger charge is 2.09. The molecule has 2 aromatic rings. The molecule has 1 aromatic carbocycles. The molecule has 0 saturated carbocycles. The van der Waals surface area contributed by atoms with E-state index in [4.69, 9.17) is 5.11 Å². The van der Waals surface area contributed by atoms with Crippen LogP contribution in [0.3, 0.4) is 0 Å². The summed E-state index contributed by atoms with van der Waals surface area (Å²) in [5.74, 6) is 0.616. The van der Waals surface area contributed by atoms with Crippen LogP contribution in [0.4, 0.5) is 0 Å². The molecular weight excluding hydrogens is 258 g/mol. The van der Waals surface area contributed by atoms with Gasteiger partial charge in [0.05, 0.1) is 0 Å². The fraction of sp³-hybridized carbons (Fsp3) is 0.385. The Bertz CT molecular complexity index is 538. The fourth-order valence-corrected chi connectivity index (χ4v) is 1.75. The van der Waals surface area contributed by atoms with Gasteiger partial charge in [0, 0.05) is 24.3 Å². The van der Waals surface area contributed by atoms with E-state index < -0.39 is 0 Å². The molecule has 2 rings (SSSR count). The van der Waals surface area contributed by atoms with E-state index in [-0.39, 0.29) is 18.4 Å². The molecule has 0 aliphatic carbocycles. The zero-order chi connectivity index (χ0) is 14.4. The zero-order valence-corrected chi connectivity index (χ0v) is 11.2. The van der Waals surface area contributed by atoms with E-state index in [0.717, 1.165) is 5.56 Å². The molecule has 106 valence electrons. The van der Waals surface area contributed by atoms with Crippen LogP contribution in [0, 0.1) is 5.92 Å². The average molecular weight is 275 g/mol. The lowest BCUT2D eigenvalue weighted by molar-refractivity contribution is 0.0945. The molecule has 0 bridgehead atoms. The van der Waals surface area contributed by atoms with E-state index in [2.05, 4.69) is 25.9 Å². The number of tetrazole rings is 1. The lowest BCUT2D eigenvalue weighted by atomic mass is 10.1. The number of aromatic nitrogens is 4. The Morgan fingerprint density at radius 2 is 2.15 bits per heavy atom. The summed E-state index contributed by atoms with van der Waals surface area (Å²) in [5.41, 5.74) is 1.37. The second-order valence-electron chi connectivity index (χ2n) is 4.64. The van der Waals surface area contributed by atoms with Crippen LogP contribution in [-0.4, -0.2) is 44.8 Å². The number of carbonyl (C=O) groups is 1. The van der Waals surface area contributed by atoms with E-state index in [0.29, 0.717) is 24.4 Å². The summed E-state index contributed by atoms with van der Waals surface area (Å²) in [7, 11) is 0. The van der Waals surface area contributed by atoms with Gasteiger partial charge in [0.2, 0.25) is 5.82 Å². The Balaban J connectivity index is 1.94. The van der Waals surface area contributed by atoms with Gasteiger partial charge >= 0.3 is 0 Å². The number of benzene rings is 1. The first-order valence-corrected chi connectivity index (χ1v) is 6.43. The number of nitrogens with one attached hydrogen (secondary N) is 2. The average Bonchev–Trinajstić information content (AvgIpc) is 2.99. The number of aromatic amines is 1. The third-order valence-corrected chi connectivity index (χ3v) is 2.98. The molecule has 7 heteroatoms. The minimum absolute atomic E-state index is 0.130. The lowest BCUT2D eigenvalue weighted by Gasteiger charge is -2.11. The highest BCUT2D eigenvalue weighted by atomic mass is 16.3. The summed E-state index contributed by atoms with van der Waals surface area (Å²) in [6, 6.07) is 6.99. The van der Waals surface area contributed by atoms with Crippen molar-refractivity contribution < 1.29 is 9.90 Å². The van der Waals surface area contributed by atoms with Crippen molar-refractivity contribution in [1.82, 2.24) is 25.9 Å². The normalized spacial score (nSPS) is 12.1. The zero-order valence-electron chi connectivity index (χ0n) is 11.2. The molecule has 20 heavy (non-hydrogen) atoms. The largest absolute Gasteiger partial charge is 0.396 e. The monoisotopic (exact) mass is 275 g/mol. The smallest absolute Gasteiger partial charge is 0.251 e. The van der Waals surface area contributed by atoms with E-state index >= 15 is 0 Å². The molecule has 1 amide bonds. The molecule has 0 aliphatic heterocycles. The topological polar surface area (TPSA) is 104 Å². The third-order valence-electron chi connectivity index (χ3n) is 2.98. The highest BCUT2D eigenvalue weighted by molar-refractivity contribution is 5.94. The van der Waals surface area contributed by atoms with Crippen molar-refractivity contribution in [3.05, 3.63) is 29.8 Å². The van der Waals surface area contributed by atoms with E-state index in [1.165, 1.54) is 0 Å². The van der Waals surface area contributed by atoms with Gasteiger partial charge in [0.25, 0.3) is 5.91 Å². The number of carbonyl (C=O) groups excluding carboxylic acids is 1. The first kappa shape index (κ1) is 14.1. The Hall–Kier alpha value is -2.28. The summed E-state index contributed by atoms with van der Waals surface area (Å²) in [6.45, 7) is 2.66. The summed E-state index contributed by atoms with van der Waals surface area (Å²) in [6.07, 6.45) is 0.678. The molecule has 3 N–H and O–H groups in total. The van der Waals surface area contributed by atoms with Gasteiger partial charge in [0.1, 0.15) is 0 Å². The summed E-state index contributed by atoms with van der Waals surface area (Å²) < 4.78 is 0. The van der Waals surface area contributed by atoms with Crippen molar-refractivity contribution >= 4 is 5.91 Å². The number of rotatable bonds is 6. The number of hydrogen-bond donors (Lipinski definition) is 3.